The van der Waals surface area contributed by atoms with Crippen molar-refractivity contribution in [3.8, 4) is 5.75 Å². The maximum absolute atomic E-state index is 13.1. The molecule has 2 unspecified atom stereocenters. The summed E-state index contributed by atoms with van der Waals surface area (Å²) < 4.78 is 10.5. The van der Waals surface area contributed by atoms with Crippen LogP contribution >= 0.6 is 0 Å². The number of ether oxygens (including phenoxy) is 2. The van der Waals surface area contributed by atoms with Crippen molar-refractivity contribution in [2.24, 2.45) is 11.8 Å². The maximum Gasteiger partial charge on any atom is 0.319 e. The Morgan fingerprint density at radius 2 is 1.84 bits per heavy atom. The van der Waals surface area contributed by atoms with E-state index < -0.39 is 0 Å². The number of nitrogens with zero attached hydrogens (tertiary/aromatic N) is 1. The number of piperidine rings is 1. The van der Waals surface area contributed by atoms with Crippen LogP contribution in [0.1, 0.15) is 33.8 Å². The highest BCUT2D eigenvalue weighted by atomic mass is 16.5. The first-order chi connectivity index (χ1) is 15.5. The third kappa shape index (κ3) is 4.05. The summed E-state index contributed by atoms with van der Waals surface area (Å²) >= 11 is 0. The van der Waals surface area contributed by atoms with E-state index in [0.29, 0.717) is 42.2 Å². The molecule has 168 valence electrons. The molecule has 0 bridgehead atoms. The van der Waals surface area contributed by atoms with Gasteiger partial charge in [0.1, 0.15) is 5.75 Å². The molecule has 2 aromatic carbocycles. The molecule has 1 aliphatic carbocycles. The van der Waals surface area contributed by atoms with Gasteiger partial charge in [-0.3, -0.25) is 4.79 Å². The van der Waals surface area contributed by atoms with E-state index in [9.17, 15) is 9.59 Å². The van der Waals surface area contributed by atoms with Crippen LogP contribution < -0.4 is 15.4 Å². The van der Waals surface area contributed by atoms with Gasteiger partial charge in [-0.2, -0.15) is 0 Å². The molecule has 2 aliphatic heterocycles. The molecule has 7 nitrogen and oxygen atoms in total. The fourth-order valence-electron chi connectivity index (χ4n) is 5.08. The van der Waals surface area contributed by atoms with Crippen LogP contribution in [0.4, 0.5) is 10.5 Å². The van der Waals surface area contributed by atoms with Gasteiger partial charge in [-0.15, -0.1) is 0 Å². The molecular formula is C25H29N3O4. The quantitative estimate of drug-likeness (QED) is 0.755. The number of nitrogens with one attached hydrogen (secondary N) is 2. The number of carbonyl (C=O) groups is 2. The van der Waals surface area contributed by atoms with E-state index in [2.05, 4.69) is 22.8 Å². The van der Waals surface area contributed by atoms with Crippen LogP contribution in [0.25, 0.3) is 0 Å². The average molecular weight is 436 g/mol. The van der Waals surface area contributed by atoms with Gasteiger partial charge in [-0.25, -0.2) is 4.79 Å². The summed E-state index contributed by atoms with van der Waals surface area (Å²) in [4.78, 5) is 27.4. The Labute approximate surface area is 188 Å². The SMILES string of the molecule is COc1ccc(C2[C@H]3CN(C(=O)c4ccc(C)c(NC(=O)NC5CCOC5)c4)C[C@@H]23)cc1. The molecule has 2 heterocycles. The zero-order valence-corrected chi connectivity index (χ0v) is 18.5. The second-order valence-electron chi connectivity index (χ2n) is 9.03. The van der Waals surface area contributed by atoms with Crippen molar-refractivity contribution in [1.82, 2.24) is 10.2 Å². The Morgan fingerprint density at radius 1 is 1.09 bits per heavy atom. The van der Waals surface area contributed by atoms with E-state index in [1.54, 1.807) is 13.2 Å². The van der Waals surface area contributed by atoms with Gasteiger partial charge in [-0.05, 0) is 66.5 Å². The third-order valence-electron chi connectivity index (χ3n) is 6.98. The maximum atomic E-state index is 13.1. The first-order valence-electron chi connectivity index (χ1n) is 11.2. The van der Waals surface area contributed by atoms with E-state index in [4.69, 9.17) is 9.47 Å². The third-order valence-corrected chi connectivity index (χ3v) is 6.98. The Balaban J connectivity index is 1.20. The molecule has 1 saturated carbocycles. The minimum Gasteiger partial charge on any atom is -0.497 e. The van der Waals surface area contributed by atoms with Crippen LogP contribution in [0.5, 0.6) is 5.75 Å². The molecule has 2 saturated heterocycles. The van der Waals surface area contributed by atoms with E-state index in [1.807, 2.05) is 36.1 Å². The summed E-state index contributed by atoms with van der Waals surface area (Å²) in [5.74, 6) is 2.47. The highest BCUT2D eigenvalue weighted by Gasteiger charge is 2.57. The van der Waals surface area contributed by atoms with Gasteiger partial charge in [0.2, 0.25) is 0 Å². The molecule has 32 heavy (non-hydrogen) atoms. The number of methoxy groups -OCH3 is 1. The van der Waals surface area contributed by atoms with Gasteiger partial charge < -0.3 is 25.0 Å². The van der Waals surface area contributed by atoms with Gasteiger partial charge in [-0.1, -0.05) is 18.2 Å². The summed E-state index contributed by atoms with van der Waals surface area (Å²) in [6.45, 7) is 4.69. The topological polar surface area (TPSA) is 79.9 Å². The number of carbonyl (C=O) groups excluding carboxylic acids is 2. The Morgan fingerprint density at radius 3 is 2.50 bits per heavy atom. The van der Waals surface area contributed by atoms with E-state index >= 15 is 0 Å². The van der Waals surface area contributed by atoms with Crippen LogP contribution in [0.3, 0.4) is 0 Å². The van der Waals surface area contributed by atoms with Crippen molar-refractivity contribution in [3.63, 3.8) is 0 Å². The molecule has 2 N–H and O–H groups in total. The standard InChI is InChI=1S/C25H29N3O4/c1-15-3-4-17(11-22(15)27-25(30)26-18-9-10-32-14-18)24(29)28-12-20-21(13-28)23(20)16-5-7-19(31-2)8-6-16/h3-8,11,18,20-21,23H,9-10,12-14H2,1-2H3,(H2,26,27,30)/t18?,20-,21+,23?. The molecule has 2 aromatic rings. The molecule has 0 spiro atoms. The van der Waals surface area contributed by atoms with E-state index in [-0.39, 0.29) is 18.0 Å². The van der Waals surface area contributed by atoms with Crippen LogP contribution in [0.2, 0.25) is 0 Å². The number of anilines is 1. The molecular weight excluding hydrogens is 406 g/mol. The number of urea groups is 1. The Bertz CT molecular complexity index is 1000. The fraction of sp³-hybridized carbons (Fsp3) is 0.440. The van der Waals surface area contributed by atoms with Crippen LogP contribution in [-0.2, 0) is 4.74 Å². The smallest absolute Gasteiger partial charge is 0.319 e. The summed E-state index contributed by atoms with van der Waals surface area (Å²) in [7, 11) is 1.67. The lowest BCUT2D eigenvalue weighted by atomic mass is 10.1. The van der Waals surface area contributed by atoms with Gasteiger partial charge in [0, 0.05) is 30.9 Å². The predicted molar refractivity (Wildman–Crippen MR) is 121 cm³/mol. The number of fused-ring (bicyclic) bond motifs is 1. The fourth-order valence-corrected chi connectivity index (χ4v) is 5.08. The molecule has 3 fully saturated rings. The number of aryl methyl sites for hydroxylation is 1. The van der Waals surface area contributed by atoms with Gasteiger partial charge in [0.25, 0.3) is 5.91 Å². The lowest BCUT2D eigenvalue weighted by molar-refractivity contribution is 0.0772. The number of hydrogen-bond donors (Lipinski definition) is 2. The number of amides is 3. The minimum absolute atomic E-state index is 0.0262. The lowest BCUT2D eigenvalue weighted by Gasteiger charge is -2.21. The highest BCUT2D eigenvalue weighted by molar-refractivity contribution is 5.97. The predicted octanol–water partition coefficient (Wildman–Crippen LogP) is 3.40. The van der Waals surface area contributed by atoms with Crippen LogP contribution in [0.15, 0.2) is 42.5 Å². The van der Waals surface area contributed by atoms with Gasteiger partial charge >= 0.3 is 6.03 Å². The van der Waals surface area contributed by atoms with Crippen LogP contribution in [0, 0.1) is 18.8 Å². The normalized spacial score (nSPS) is 25.9. The molecule has 7 heteroatoms. The molecule has 3 amide bonds. The van der Waals surface area contributed by atoms with E-state index in [1.165, 1.54) is 5.56 Å². The van der Waals surface area contributed by atoms with Crippen molar-refractivity contribution in [1.29, 1.82) is 0 Å². The largest absolute Gasteiger partial charge is 0.497 e. The zero-order valence-electron chi connectivity index (χ0n) is 18.5. The summed E-state index contributed by atoms with van der Waals surface area (Å²) in [6.07, 6.45) is 0.819. The summed E-state index contributed by atoms with van der Waals surface area (Å²) in [6, 6.07) is 13.6. The van der Waals surface area contributed by atoms with Crippen molar-refractivity contribution < 1.29 is 19.1 Å². The molecule has 4 atom stereocenters. The number of likely N-dealkylation sites (tertiary alicyclic amines) is 1. The summed E-state index contributed by atoms with van der Waals surface area (Å²) in [5.41, 5.74) is 3.52. The zero-order chi connectivity index (χ0) is 22.2. The number of benzene rings is 2. The second-order valence-corrected chi connectivity index (χ2v) is 9.03. The van der Waals surface area contributed by atoms with Crippen molar-refractivity contribution >= 4 is 17.6 Å². The highest BCUT2D eigenvalue weighted by Crippen LogP contribution is 2.58. The second kappa shape index (κ2) is 8.47. The minimum atomic E-state index is -0.266. The van der Waals surface area contributed by atoms with Crippen molar-refractivity contribution in [3.05, 3.63) is 59.2 Å². The van der Waals surface area contributed by atoms with E-state index in [0.717, 1.165) is 30.8 Å². The number of hydrogen-bond acceptors (Lipinski definition) is 4. The van der Waals surface area contributed by atoms with Crippen LogP contribution in [-0.4, -0.2) is 56.3 Å². The Hall–Kier alpha value is -3.06. The molecule has 0 aromatic heterocycles. The first-order valence-corrected chi connectivity index (χ1v) is 11.2. The van der Waals surface area contributed by atoms with Crippen molar-refractivity contribution in [2.75, 3.05) is 38.7 Å². The molecule has 0 radical (unpaired) electrons. The Kier molecular flexibility index (Phi) is 5.51. The van der Waals surface area contributed by atoms with Gasteiger partial charge in [0.05, 0.1) is 19.8 Å². The van der Waals surface area contributed by atoms with Gasteiger partial charge in [0.15, 0.2) is 0 Å². The molecule has 3 aliphatic rings. The average Bonchev–Trinajstić information content (AvgIpc) is 3.14. The summed E-state index contributed by atoms with van der Waals surface area (Å²) in [5, 5.41) is 5.81. The monoisotopic (exact) mass is 435 g/mol. The first kappa shape index (κ1) is 20.8. The lowest BCUT2D eigenvalue weighted by Crippen LogP contribution is -2.38. The number of rotatable bonds is 5. The van der Waals surface area contributed by atoms with Crippen molar-refractivity contribution in [2.45, 2.75) is 25.3 Å². The molecule has 5 rings (SSSR count).